The van der Waals surface area contributed by atoms with Gasteiger partial charge < -0.3 is 9.30 Å². The van der Waals surface area contributed by atoms with Crippen LogP contribution in [-0.2, 0) is 16.1 Å². The number of methoxy groups -OCH3 is 1. The highest BCUT2D eigenvalue weighted by Gasteiger charge is 2.33. The fraction of sp³-hybridized carbons (Fsp3) is 0.281. The average Bonchev–Trinajstić information content (AvgIpc) is 3.37. The molecule has 1 atom stereocenters. The maximum atomic E-state index is 14.1. The van der Waals surface area contributed by atoms with Crippen molar-refractivity contribution in [3.8, 4) is 0 Å². The summed E-state index contributed by atoms with van der Waals surface area (Å²) in [6, 6.07) is 13.7. The summed E-state index contributed by atoms with van der Waals surface area (Å²) in [4.78, 5) is 32.3. The zero-order valence-electron chi connectivity index (χ0n) is 23.2. The van der Waals surface area contributed by atoms with Crippen molar-refractivity contribution in [1.29, 1.82) is 0 Å². The Morgan fingerprint density at radius 2 is 1.87 bits per heavy atom. The van der Waals surface area contributed by atoms with E-state index in [0.717, 1.165) is 27.7 Å². The third-order valence-corrected chi connectivity index (χ3v) is 8.51. The van der Waals surface area contributed by atoms with Gasteiger partial charge in [-0.1, -0.05) is 73.7 Å². The van der Waals surface area contributed by atoms with Crippen LogP contribution in [0.5, 0.6) is 0 Å². The van der Waals surface area contributed by atoms with Gasteiger partial charge >= 0.3 is 5.97 Å². The van der Waals surface area contributed by atoms with Gasteiger partial charge in [-0.3, -0.25) is 9.36 Å². The number of benzene rings is 2. The first kappa shape index (κ1) is 26.6. The molecule has 2 aromatic carbocycles. The van der Waals surface area contributed by atoms with Crippen molar-refractivity contribution in [2.45, 2.75) is 53.1 Å². The van der Waals surface area contributed by atoms with E-state index < -0.39 is 12.0 Å². The third kappa shape index (κ3) is 4.40. The van der Waals surface area contributed by atoms with Crippen molar-refractivity contribution < 1.29 is 9.53 Å². The molecule has 5 rings (SSSR count). The Morgan fingerprint density at radius 3 is 2.51 bits per heavy atom. The number of para-hydroxylation sites is 1. The number of carbonyl (C=O) groups is 1. The SMILES string of the molecule is C=CCn1c(C)c(/C=c2\sc3n(c2=O)[C@@H](c2ccc(C(C)C)cc2)C(C(=O)OC)=C(C)N=3)c2cccc(C)c21. The minimum atomic E-state index is -0.623. The second-order valence-electron chi connectivity index (χ2n) is 10.3. The van der Waals surface area contributed by atoms with Crippen LogP contribution < -0.4 is 14.9 Å². The molecule has 0 saturated carbocycles. The van der Waals surface area contributed by atoms with Gasteiger partial charge in [-0.15, -0.1) is 6.58 Å². The number of rotatable bonds is 6. The quantitative estimate of drug-likeness (QED) is 0.247. The molecule has 7 heteroatoms. The summed E-state index contributed by atoms with van der Waals surface area (Å²) in [6.45, 7) is 14.9. The van der Waals surface area contributed by atoms with Crippen molar-refractivity contribution in [2.75, 3.05) is 7.11 Å². The smallest absolute Gasteiger partial charge is 0.338 e. The number of fused-ring (bicyclic) bond motifs is 2. The molecule has 0 amide bonds. The topological polar surface area (TPSA) is 65.6 Å². The van der Waals surface area contributed by atoms with Crippen LogP contribution >= 0.6 is 11.3 Å². The van der Waals surface area contributed by atoms with Gasteiger partial charge in [-0.05, 0) is 49.5 Å². The molecule has 1 aliphatic rings. The van der Waals surface area contributed by atoms with Crippen molar-refractivity contribution >= 4 is 34.3 Å². The van der Waals surface area contributed by atoms with Crippen molar-refractivity contribution in [3.63, 3.8) is 0 Å². The number of ether oxygens (including phenoxy) is 1. The van der Waals surface area contributed by atoms with Crippen LogP contribution in [-0.4, -0.2) is 22.2 Å². The molecule has 6 nitrogen and oxygen atoms in total. The van der Waals surface area contributed by atoms with E-state index in [9.17, 15) is 9.59 Å². The molecule has 3 heterocycles. The molecule has 1 aliphatic heterocycles. The fourth-order valence-electron chi connectivity index (χ4n) is 5.48. The molecule has 200 valence electrons. The molecule has 0 bridgehead atoms. The molecule has 0 fully saturated rings. The van der Waals surface area contributed by atoms with Gasteiger partial charge in [-0.2, -0.15) is 0 Å². The molecular formula is C32H33N3O3S. The molecule has 0 N–H and O–H groups in total. The number of hydrogen-bond acceptors (Lipinski definition) is 5. The van der Waals surface area contributed by atoms with Crippen LogP contribution in [0.15, 0.2) is 76.2 Å². The molecule has 0 unspecified atom stereocenters. The second-order valence-corrected chi connectivity index (χ2v) is 11.3. The monoisotopic (exact) mass is 539 g/mol. The highest BCUT2D eigenvalue weighted by Crippen LogP contribution is 2.32. The Bertz CT molecular complexity index is 1830. The lowest BCUT2D eigenvalue weighted by Crippen LogP contribution is -2.39. The standard InChI is InChI=1S/C32H33N3O3S/c1-8-16-34-21(6)25(24-11-9-10-19(4)28(24)34)17-26-30(36)35-29(23-14-12-22(13-15-23)18(2)3)27(31(37)38-7)20(5)33-32(35)39-26/h8-15,17-18,29H,1,16H2,2-7H3/b26-17-/t29-/m0/s1. The molecule has 0 saturated heterocycles. The van der Waals surface area contributed by atoms with E-state index in [1.807, 2.05) is 30.4 Å². The number of aryl methyl sites for hydroxylation is 1. The lowest BCUT2D eigenvalue weighted by Gasteiger charge is -2.24. The Labute approximate surface area is 231 Å². The van der Waals surface area contributed by atoms with Gasteiger partial charge in [0.25, 0.3) is 5.56 Å². The summed E-state index contributed by atoms with van der Waals surface area (Å²) in [5.41, 5.74) is 7.17. The Kier molecular flexibility index (Phi) is 7.03. The zero-order valence-corrected chi connectivity index (χ0v) is 24.1. The van der Waals surface area contributed by atoms with Gasteiger partial charge in [0.2, 0.25) is 0 Å². The van der Waals surface area contributed by atoms with Gasteiger partial charge in [0.05, 0.1) is 34.5 Å². The van der Waals surface area contributed by atoms with E-state index in [-0.39, 0.29) is 5.56 Å². The molecule has 0 spiro atoms. The molecule has 0 aliphatic carbocycles. The minimum absolute atomic E-state index is 0.178. The Hall–Kier alpha value is -3.97. The average molecular weight is 540 g/mol. The van der Waals surface area contributed by atoms with Gasteiger partial charge in [0, 0.05) is 23.2 Å². The molecule has 2 aromatic heterocycles. The summed E-state index contributed by atoms with van der Waals surface area (Å²) >= 11 is 1.34. The lowest BCUT2D eigenvalue weighted by atomic mass is 9.93. The fourth-order valence-corrected chi connectivity index (χ4v) is 6.51. The van der Waals surface area contributed by atoms with E-state index >= 15 is 0 Å². The van der Waals surface area contributed by atoms with Crippen LogP contribution in [0.3, 0.4) is 0 Å². The molecule has 4 aromatic rings. The van der Waals surface area contributed by atoms with Crippen molar-refractivity contribution in [2.24, 2.45) is 4.99 Å². The highest BCUT2D eigenvalue weighted by molar-refractivity contribution is 7.07. The van der Waals surface area contributed by atoms with E-state index in [4.69, 9.17) is 9.73 Å². The predicted molar refractivity (Wildman–Crippen MR) is 158 cm³/mol. The van der Waals surface area contributed by atoms with E-state index in [1.165, 1.54) is 29.6 Å². The predicted octanol–water partition coefficient (Wildman–Crippen LogP) is 5.29. The maximum absolute atomic E-state index is 14.1. The van der Waals surface area contributed by atoms with Gasteiger partial charge in [0.1, 0.15) is 0 Å². The normalized spacial score (nSPS) is 15.6. The van der Waals surface area contributed by atoms with Crippen molar-refractivity contribution in [1.82, 2.24) is 9.13 Å². The van der Waals surface area contributed by atoms with E-state index in [1.54, 1.807) is 11.5 Å². The van der Waals surface area contributed by atoms with Crippen LogP contribution in [0.25, 0.3) is 17.0 Å². The first-order valence-corrected chi connectivity index (χ1v) is 13.9. The summed E-state index contributed by atoms with van der Waals surface area (Å²) in [5.74, 6) is -0.115. The lowest BCUT2D eigenvalue weighted by molar-refractivity contribution is -0.136. The number of nitrogens with zero attached hydrogens (tertiary/aromatic N) is 3. The number of thiazole rings is 1. The summed E-state index contributed by atoms with van der Waals surface area (Å²) in [5, 5.41) is 1.09. The van der Waals surface area contributed by atoms with Crippen LogP contribution in [0.4, 0.5) is 0 Å². The maximum Gasteiger partial charge on any atom is 0.338 e. The first-order chi connectivity index (χ1) is 18.7. The summed E-state index contributed by atoms with van der Waals surface area (Å²) in [6.07, 6.45) is 3.86. The largest absolute Gasteiger partial charge is 0.466 e. The number of allylic oxidation sites excluding steroid dienone is 2. The molecular weight excluding hydrogens is 506 g/mol. The molecule has 0 radical (unpaired) electrons. The zero-order chi connectivity index (χ0) is 28.0. The Balaban J connectivity index is 1.77. The summed E-state index contributed by atoms with van der Waals surface area (Å²) < 4.78 is 9.59. The van der Waals surface area contributed by atoms with E-state index in [0.29, 0.717) is 33.1 Å². The Morgan fingerprint density at radius 1 is 1.15 bits per heavy atom. The number of esters is 1. The van der Waals surface area contributed by atoms with Gasteiger partial charge in [0.15, 0.2) is 4.80 Å². The highest BCUT2D eigenvalue weighted by atomic mass is 32.1. The minimum Gasteiger partial charge on any atom is -0.466 e. The number of carbonyl (C=O) groups excluding carboxylic acids is 1. The van der Waals surface area contributed by atoms with Gasteiger partial charge in [-0.25, -0.2) is 9.79 Å². The van der Waals surface area contributed by atoms with Crippen LogP contribution in [0.1, 0.15) is 60.7 Å². The first-order valence-electron chi connectivity index (χ1n) is 13.1. The van der Waals surface area contributed by atoms with E-state index in [2.05, 4.69) is 63.1 Å². The third-order valence-electron chi connectivity index (χ3n) is 7.53. The number of hydrogen-bond donors (Lipinski definition) is 0. The summed E-state index contributed by atoms with van der Waals surface area (Å²) in [7, 11) is 1.36. The molecule has 39 heavy (non-hydrogen) atoms. The number of aromatic nitrogens is 2. The van der Waals surface area contributed by atoms with Crippen LogP contribution in [0.2, 0.25) is 0 Å². The van der Waals surface area contributed by atoms with Crippen molar-refractivity contribution in [3.05, 3.63) is 114 Å². The second kappa shape index (κ2) is 10.3. The van der Waals surface area contributed by atoms with Crippen LogP contribution in [0, 0.1) is 13.8 Å².